The van der Waals surface area contributed by atoms with E-state index < -0.39 is 6.10 Å². The predicted molar refractivity (Wildman–Crippen MR) is 70.5 cm³/mol. The molecule has 1 aromatic carbocycles. The van der Waals surface area contributed by atoms with Crippen LogP contribution in [0.3, 0.4) is 0 Å². The molecule has 1 fully saturated rings. The van der Waals surface area contributed by atoms with Crippen LogP contribution in [-0.4, -0.2) is 28.6 Å². The molecule has 0 aliphatic carbocycles. The van der Waals surface area contributed by atoms with E-state index in [9.17, 15) is 9.90 Å². The highest BCUT2D eigenvalue weighted by Gasteiger charge is 2.30. The number of hydrogen-bond donors (Lipinski definition) is 1. The van der Waals surface area contributed by atoms with E-state index in [2.05, 4.69) is 4.98 Å². The van der Waals surface area contributed by atoms with E-state index in [1.165, 1.54) is 11.3 Å². The van der Waals surface area contributed by atoms with E-state index in [4.69, 9.17) is 0 Å². The number of anilines is 1. The fourth-order valence-corrected chi connectivity index (χ4v) is 2.86. The third-order valence-electron chi connectivity index (χ3n) is 2.90. The maximum atomic E-state index is 11.7. The van der Waals surface area contributed by atoms with Crippen LogP contribution in [0.1, 0.15) is 6.42 Å². The lowest BCUT2D eigenvalue weighted by atomic mass is 10.2. The second kappa shape index (κ2) is 4.51. The molecule has 4 nitrogen and oxygen atoms in total. The van der Waals surface area contributed by atoms with E-state index in [0.29, 0.717) is 11.7 Å². The van der Waals surface area contributed by atoms with Crippen molar-refractivity contribution in [3.8, 4) is 11.3 Å². The van der Waals surface area contributed by atoms with Gasteiger partial charge in [-0.1, -0.05) is 30.3 Å². The molecule has 1 saturated heterocycles. The van der Waals surface area contributed by atoms with Crippen LogP contribution in [0.2, 0.25) is 0 Å². The molecule has 1 unspecified atom stereocenters. The van der Waals surface area contributed by atoms with Gasteiger partial charge in [0, 0.05) is 10.9 Å². The van der Waals surface area contributed by atoms with Crippen molar-refractivity contribution in [2.75, 3.05) is 11.4 Å². The lowest BCUT2D eigenvalue weighted by molar-refractivity contribution is -0.117. The van der Waals surface area contributed by atoms with Crippen LogP contribution in [0, 0.1) is 0 Å². The summed E-state index contributed by atoms with van der Waals surface area (Å²) >= 11 is 1.43. The molecule has 1 atom stereocenters. The fourth-order valence-electron chi connectivity index (χ4n) is 2.00. The third kappa shape index (κ3) is 2.02. The van der Waals surface area contributed by atoms with Gasteiger partial charge in [-0.2, -0.15) is 0 Å². The van der Waals surface area contributed by atoms with Crippen molar-refractivity contribution < 1.29 is 9.90 Å². The third-order valence-corrected chi connectivity index (χ3v) is 3.76. The van der Waals surface area contributed by atoms with Gasteiger partial charge in [0.25, 0.3) is 0 Å². The van der Waals surface area contributed by atoms with Gasteiger partial charge >= 0.3 is 0 Å². The van der Waals surface area contributed by atoms with Gasteiger partial charge in [0.1, 0.15) is 0 Å². The number of aliphatic hydroxyl groups excluding tert-OH is 1. The SMILES string of the molecule is O=C1CC(O)CN1c1nc(-c2ccccc2)cs1. The molecule has 0 spiro atoms. The Bertz CT molecular complexity index is 567. The summed E-state index contributed by atoms with van der Waals surface area (Å²) in [4.78, 5) is 17.7. The van der Waals surface area contributed by atoms with Gasteiger partial charge < -0.3 is 5.11 Å². The van der Waals surface area contributed by atoms with Gasteiger partial charge in [-0.05, 0) is 0 Å². The van der Waals surface area contributed by atoms with Crippen LogP contribution in [0.15, 0.2) is 35.7 Å². The molecule has 3 rings (SSSR count). The quantitative estimate of drug-likeness (QED) is 0.897. The summed E-state index contributed by atoms with van der Waals surface area (Å²) in [5, 5.41) is 12.1. The Morgan fingerprint density at radius 2 is 2.11 bits per heavy atom. The van der Waals surface area contributed by atoms with Crippen molar-refractivity contribution in [2.24, 2.45) is 0 Å². The Kier molecular flexibility index (Phi) is 2.85. The largest absolute Gasteiger partial charge is 0.391 e. The summed E-state index contributed by atoms with van der Waals surface area (Å²) in [6, 6.07) is 9.84. The zero-order valence-corrected chi connectivity index (χ0v) is 10.4. The van der Waals surface area contributed by atoms with Gasteiger partial charge in [0.05, 0.1) is 24.8 Å². The van der Waals surface area contributed by atoms with Crippen LogP contribution in [0.4, 0.5) is 5.13 Å². The van der Waals surface area contributed by atoms with Gasteiger partial charge in [-0.3, -0.25) is 9.69 Å². The zero-order chi connectivity index (χ0) is 12.5. The molecule has 1 N–H and O–H groups in total. The van der Waals surface area contributed by atoms with Crippen molar-refractivity contribution in [1.82, 2.24) is 4.98 Å². The summed E-state index contributed by atoms with van der Waals surface area (Å²) in [5.41, 5.74) is 1.90. The number of carbonyl (C=O) groups excluding carboxylic acids is 1. The van der Waals surface area contributed by atoms with Crippen LogP contribution >= 0.6 is 11.3 Å². The molecule has 2 heterocycles. The molecule has 0 radical (unpaired) electrons. The Labute approximate surface area is 109 Å². The van der Waals surface area contributed by atoms with Gasteiger partial charge in [-0.25, -0.2) is 4.98 Å². The van der Waals surface area contributed by atoms with Crippen LogP contribution in [0.5, 0.6) is 0 Å². The maximum absolute atomic E-state index is 11.7. The molecule has 5 heteroatoms. The highest BCUT2D eigenvalue weighted by Crippen LogP contribution is 2.29. The topological polar surface area (TPSA) is 53.4 Å². The summed E-state index contributed by atoms with van der Waals surface area (Å²) in [6.45, 7) is 0.348. The van der Waals surface area contributed by atoms with Crippen LogP contribution in [-0.2, 0) is 4.79 Å². The molecule has 18 heavy (non-hydrogen) atoms. The first-order valence-electron chi connectivity index (χ1n) is 5.73. The Morgan fingerprint density at radius 1 is 1.33 bits per heavy atom. The number of benzene rings is 1. The first-order chi connectivity index (χ1) is 8.74. The van der Waals surface area contributed by atoms with E-state index in [1.54, 1.807) is 4.90 Å². The summed E-state index contributed by atoms with van der Waals surface area (Å²) < 4.78 is 0. The molecular formula is C13H12N2O2S. The number of β-amino-alcohol motifs (C(OH)–C–C–N with tert-alkyl or cyclic N) is 1. The van der Waals surface area contributed by atoms with Crippen molar-refractivity contribution in [2.45, 2.75) is 12.5 Å². The predicted octanol–water partition coefficient (Wildman–Crippen LogP) is 1.91. The number of hydrogen-bond acceptors (Lipinski definition) is 4. The molecule has 1 aliphatic heterocycles. The number of aromatic nitrogens is 1. The fraction of sp³-hybridized carbons (Fsp3) is 0.231. The Morgan fingerprint density at radius 3 is 2.78 bits per heavy atom. The number of carbonyl (C=O) groups is 1. The minimum atomic E-state index is -0.568. The minimum Gasteiger partial charge on any atom is -0.391 e. The Balaban J connectivity index is 1.88. The number of rotatable bonds is 2. The zero-order valence-electron chi connectivity index (χ0n) is 9.61. The van der Waals surface area contributed by atoms with Gasteiger partial charge in [-0.15, -0.1) is 11.3 Å². The highest BCUT2D eigenvalue weighted by atomic mass is 32.1. The second-order valence-corrected chi connectivity index (χ2v) is 5.08. The molecule has 0 saturated carbocycles. The van der Waals surface area contributed by atoms with Crippen molar-refractivity contribution in [3.05, 3.63) is 35.7 Å². The normalized spacial score (nSPS) is 19.5. The smallest absolute Gasteiger partial charge is 0.231 e. The van der Waals surface area contributed by atoms with Gasteiger partial charge in [0.2, 0.25) is 5.91 Å². The number of aliphatic hydroxyl groups is 1. The summed E-state index contributed by atoms with van der Waals surface area (Å²) in [7, 11) is 0. The first-order valence-corrected chi connectivity index (χ1v) is 6.61. The monoisotopic (exact) mass is 260 g/mol. The standard InChI is InChI=1S/C13H12N2O2S/c16-10-6-12(17)15(7-10)13-14-11(8-18-13)9-4-2-1-3-5-9/h1-5,8,10,16H,6-7H2. The minimum absolute atomic E-state index is 0.0588. The van der Waals surface area contributed by atoms with Crippen molar-refractivity contribution in [1.29, 1.82) is 0 Å². The highest BCUT2D eigenvalue weighted by molar-refractivity contribution is 7.14. The molecule has 0 bridgehead atoms. The number of thiazole rings is 1. The molecule has 92 valence electrons. The lowest BCUT2D eigenvalue weighted by Crippen LogP contribution is -2.24. The molecule has 2 aromatic rings. The average molecular weight is 260 g/mol. The molecular weight excluding hydrogens is 248 g/mol. The number of nitrogens with zero attached hydrogens (tertiary/aromatic N) is 2. The molecule has 1 amide bonds. The molecule has 1 aliphatic rings. The van der Waals surface area contributed by atoms with Crippen molar-refractivity contribution >= 4 is 22.4 Å². The maximum Gasteiger partial charge on any atom is 0.231 e. The second-order valence-electron chi connectivity index (χ2n) is 4.24. The first kappa shape index (κ1) is 11.4. The Hall–Kier alpha value is -1.72. The van der Waals surface area contributed by atoms with E-state index >= 15 is 0 Å². The van der Waals surface area contributed by atoms with Crippen LogP contribution < -0.4 is 4.90 Å². The van der Waals surface area contributed by atoms with E-state index in [0.717, 1.165) is 11.3 Å². The number of amides is 1. The molecule has 1 aromatic heterocycles. The average Bonchev–Trinajstić information content (AvgIpc) is 2.97. The van der Waals surface area contributed by atoms with E-state index in [-0.39, 0.29) is 12.3 Å². The van der Waals surface area contributed by atoms with Gasteiger partial charge in [0.15, 0.2) is 5.13 Å². The van der Waals surface area contributed by atoms with Crippen molar-refractivity contribution in [3.63, 3.8) is 0 Å². The van der Waals surface area contributed by atoms with Crippen LogP contribution in [0.25, 0.3) is 11.3 Å². The summed E-state index contributed by atoms with van der Waals surface area (Å²) in [5.74, 6) is -0.0588. The van der Waals surface area contributed by atoms with E-state index in [1.807, 2.05) is 35.7 Å². The lowest BCUT2D eigenvalue weighted by Gasteiger charge is -2.10. The summed E-state index contributed by atoms with van der Waals surface area (Å²) in [6.07, 6.45) is -0.373.